The van der Waals surface area contributed by atoms with Gasteiger partial charge in [0.15, 0.2) is 10.6 Å². The molecule has 0 fully saturated rings. The van der Waals surface area contributed by atoms with Crippen LogP contribution in [0.2, 0.25) is 0 Å². The molecule has 170 valence electrons. The van der Waals surface area contributed by atoms with Crippen molar-refractivity contribution in [1.29, 1.82) is 0 Å². The fraction of sp³-hybridized carbons (Fsp3) is 0.250. The molecule has 0 atom stereocenters. The van der Waals surface area contributed by atoms with Crippen molar-refractivity contribution in [3.8, 4) is 22.8 Å². The topological polar surface area (TPSA) is 89.8 Å². The molecule has 9 heteroatoms. The molecule has 2 N–H and O–H groups in total. The van der Waals surface area contributed by atoms with E-state index >= 15 is 0 Å². The third-order valence-corrected chi connectivity index (χ3v) is 5.50. The van der Waals surface area contributed by atoms with E-state index in [-0.39, 0.29) is 5.91 Å². The maximum atomic E-state index is 12.4. The molecule has 0 unspecified atom stereocenters. The van der Waals surface area contributed by atoms with Gasteiger partial charge in [0.1, 0.15) is 5.75 Å². The molecule has 0 spiro atoms. The molecule has 1 amide bonds. The molecular weight excluding hydrogens is 436 g/mol. The lowest BCUT2D eigenvalue weighted by Crippen LogP contribution is -2.26. The van der Waals surface area contributed by atoms with E-state index in [0.717, 1.165) is 29.0 Å². The summed E-state index contributed by atoms with van der Waals surface area (Å²) < 4.78 is 9.64. The Morgan fingerprint density at radius 2 is 1.94 bits per heavy atom. The van der Waals surface area contributed by atoms with Gasteiger partial charge in [0.2, 0.25) is 5.91 Å². The average molecular weight is 463 g/mol. The van der Waals surface area contributed by atoms with E-state index in [4.69, 9.17) is 17.0 Å². The van der Waals surface area contributed by atoms with Gasteiger partial charge in [-0.2, -0.15) is 10.2 Å². The smallest absolute Gasteiger partial charge is 0.221 e. The van der Waals surface area contributed by atoms with Gasteiger partial charge in [-0.1, -0.05) is 12.1 Å². The highest BCUT2D eigenvalue weighted by Gasteiger charge is 2.11. The average Bonchev–Trinajstić information content (AvgIpc) is 3.49. The summed E-state index contributed by atoms with van der Waals surface area (Å²) >= 11 is 5.37. The van der Waals surface area contributed by atoms with Crippen molar-refractivity contribution in [3.63, 3.8) is 0 Å². The number of carbonyl (C=O) groups excluding carboxylic acids is 1. The summed E-state index contributed by atoms with van der Waals surface area (Å²) in [6, 6.07) is 17.7. The van der Waals surface area contributed by atoms with Gasteiger partial charge in [-0.3, -0.25) is 14.5 Å². The van der Waals surface area contributed by atoms with Crippen molar-refractivity contribution >= 4 is 18.1 Å². The summed E-state index contributed by atoms with van der Waals surface area (Å²) in [4.78, 5) is 12.4. The van der Waals surface area contributed by atoms with Crippen LogP contribution < -0.4 is 10.1 Å². The van der Waals surface area contributed by atoms with Crippen molar-refractivity contribution in [3.05, 3.63) is 77.3 Å². The third kappa shape index (κ3) is 5.75. The summed E-state index contributed by atoms with van der Waals surface area (Å²) in [7, 11) is 0. The lowest BCUT2D eigenvalue weighted by atomic mass is 10.1. The van der Waals surface area contributed by atoms with Crippen LogP contribution in [0.25, 0.3) is 17.1 Å². The van der Waals surface area contributed by atoms with Crippen molar-refractivity contribution in [2.75, 3.05) is 13.2 Å². The van der Waals surface area contributed by atoms with Crippen LogP contribution in [0.4, 0.5) is 0 Å². The van der Waals surface area contributed by atoms with Gasteiger partial charge >= 0.3 is 0 Å². The van der Waals surface area contributed by atoms with Gasteiger partial charge in [-0.25, -0.2) is 4.68 Å². The van der Waals surface area contributed by atoms with Crippen LogP contribution in [-0.4, -0.2) is 43.6 Å². The van der Waals surface area contributed by atoms with E-state index in [1.807, 2.05) is 64.8 Å². The maximum absolute atomic E-state index is 12.4. The van der Waals surface area contributed by atoms with Crippen LogP contribution in [0, 0.1) is 4.77 Å². The largest absolute Gasteiger partial charge is 0.494 e. The Morgan fingerprint density at radius 1 is 1.15 bits per heavy atom. The molecule has 33 heavy (non-hydrogen) atoms. The van der Waals surface area contributed by atoms with E-state index in [9.17, 15) is 4.79 Å². The number of H-pyrrole nitrogens is 1. The van der Waals surface area contributed by atoms with Crippen LogP contribution in [0.15, 0.2) is 67.0 Å². The number of aromatic nitrogens is 5. The predicted octanol–water partition coefficient (Wildman–Crippen LogP) is 3.94. The number of nitrogens with zero attached hydrogens (tertiary/aromatic N) is 4. The van der Waals surface area contributed by atoms with Crippen molar-refractivity contribution < 1.29 is 9.53 Å². The molecule has 2 heterocycles. The van der Waals surface area contributed by atoms with Crippen molar-refractivity contribution in [2.45, 2.75) is 26.3 Å². The Balaban J connectivity index is 1.28. The van der Waals surface area contributed by atoms with Crippen LogP contribution in [0.1, 0.15) is 18.9 Å². The van der Waals surface area contributed by atoms with Gasteiger partial charge in [0, 0.05) is 37.5 Å². The predicted molar refractivity (Wildman–Crippen MR) is 129 cm³/mol. The first kappa shape index (κ1) is 22.5. The van der Waals surface area contributed by atoms with E-state index in [1.54, 1.807) is 6.20 Å². The standard InChI is InChI=1S/C24H26N6O2S/c1-2-32-21-10-6-19(7-11-21)23-27-28-24(33)29(23)17-13-22(31)25-15-12-18-4-8-20(9-5-18)30-16-3-14-26-30/h3-11,14,16H,2,12-13,15,17H2,1H3,(H,25,31)(H,28,33). The summed E-state index contributed by atoms with van der Waals surface area (Å²) in [5.41, 5.74) is 3.07. The summed E-state index contributed by atoms with van der Waals surface area (Å²) in [6.45, 7) is 3.58. The Bertz CT molecular complexity index is 1230. The molecule has 0 aliphatic carbocycles. The van der Waals surface area contributed by atoms with Gasteiger partial charge in [0.05, 0.1) is 12.3 Å². The van der Waals surface area contributed by atoms with Crippen LogP contribution in [-0.2, 0) is 17.8 Å². The number of hydrogen-bond acceptors (Lipinski definition) is 5. The number of nitrogens with one attached hydrogen (secondary N) is 2. The second kappa shape index (κ2) is 10.7. The van der Waals surface area contributed by atoms with Gasteiger partial charge in [-0.05, 0) is 73.6 Å². The minimum atomic E-state index is -0.0242. The molecule has 8 nitrogen and oxygen atoms in total. The summed E-state index contributed by atoms with van der Waals surface area (Å²) in [6.07, 6.45) is 4.73. The fourth-order valence-corrected chi connectivity index (χ4v) is 3.72. The van der Waals surface area contributed by atoms with Crippen LogP contribution in [0.3, 0.4) is 0 Å². The number of hydrogen-bond donors (Lipinski definition) is 2. The zero-order valence-corrected chi connectivity index (χ0v) is 19.2. The third-order valence-electron chi connectivity index (χ3n) is 5.19. The number of benzene rings is 2. The monoisotopic (exact) mass is 462 g/mol. The molecule has 2 aromatic carbocycles. The lowest BCUT2D eigenvalue weighted by Gasteiger charge is -2.09. The van der Waals surface area contributed by atoms with Crippen LogP contribution >= 0.6 is 12.2 Å². The molecule has 0 radical (unpaired) electrons. The minimum Gasteiger partial charge on any atom is -0.494 e. The summed E-state index contributed by atoms with van der Waals surface area (Å²) in [5.74, 6) is 1.48. The zero-order chi connectivity index (χ0) is 23.0. The second-order valence-electron chi connectivity index (χ2n) is 7.43. The first-order chi connectivity index (χ1) is 16.1. The molecule has 2 aromatic heterocycles. The number of amides is 1. The molecule has 0 aliphatic heterocycles. The first-order valence-electron chi connectivity index (χ1n) is 10.9. The summed E-state index contributed by atoms with van der Waals surface area (Å²) in [5, 5.41) is 14.4. The normalized spacial score (nSPS) is 10.8. The first-order valence-corrected chi connectivity index (χ1v) is 11.3. The van der Waals surface area contributed by atoms with Crippen LogP contribution in [0.5, 0.6) is 5.75 Å². The molecule has 0 saturated heterocycles. The number of rotatable bonds is 10. The Hall–Kier alpha value is -3.72. The maximum Gasteiger partial charge on any atom is 0.221 e. The van der Waals surface area contributed by atoms with Gasteiger partial charge < -0.3 is 10.1 Å². The molecule has 0 bridgehead atoms. The van der Waals surface area contributed by atoms with Crippen molar-refractivity contribution in [1.82, 2.24) is 29.9 Å². The Kier molecular flexibility index (Phi) is 7.31. The van der Waals surface area contributed by atoms with Gasteiger partial charge in [0.25, 0.3) is 0 Å². The molecule has 0 aliphatic rings. The fourth-order valence-electron chi connectivity index (χ4n) is 3.50. The van der Waals surface area contributed by atoms with Gasteiger partial charge in [-0.15, -0.1) is 0 Å². The van der Waals surface area contributed by atoms with E-state index in [2.05, 4.69) is 32.7 Å². The number of ether oxygens (including phenoxy) is 1. The highest BCUT2D eigenvalue weighted by atomic mass is 32.1. The molecule has 4 aromatic rings. The SMILES string of the molecule is CCOc1ccc(-c2n[nH]c(=S)n2CCC(=O)NCCc2ccc(-n3cccn3)cc2)cc1. The molecule has 0 saturated carbocycles. The van der Waals surface area contributed by atoms with E-state index in [0.29, 0.717) is 36.7 Å². The Labute approximate surface area is 197 Å². The zero-order valence-electron chi connectivity index (χ0n) is 18.4. The Morgan fingerprint density at radius 3 is 2.64 bits per heavy atom. The number of aromatic amines is 1. The van der Waals surface area contributed by atoms with E-state index in [1.165, 1.54) is 0 Å². The number of carbonyl (C=O) groups is 1. The quantitative estimate of drug-likeness (QED) is 0.349. The minimum absolute atomic E-state index is 0.0242. The van der Waals surface area contributed by atoms with Crippen molar-refractivity contribution in [2.24, 2.45) is 0 Å². The highest BCUT2D eigenvalue weighted by molar-refractivity contribution is 7.71. The lowest BCUT2D eigenvalue weighted by molar-refractivity contribution is -0.121. The molecule has 4 rings (SSSR count). The molecular formula is C24H26N6O2S. The second-order valence-corrected chi connectivity index (χ2v) is 7.82. The van der Waals surface area contributed by atoms with E-state index < -0.39 is 0 Å². The highest BCUT2D eigenvalue weighted by Crippen LogP contribution is 2.21.